The molecular weight excluding hydrogens is 431 g/mol. The summed E-state index contributed by atoms with van der Waals surface area (Å²) < 4.78 is 6.58. The van der Waals surface area contributed by atoms with Crippen molar-refractivity contribution >= 4 is 57.5 Å². The Morgan fingerprint density at radius 3 is 2.37 bits per heavy atom. The molecule has 0 aliphatic carbocycles. The van der Waals surface area contributed by atoms with Crippen LogP contribution in [0.5, 0.6) is 5.75 Å². The van der Waals surface area contributed by atoms with Crippen LogP contribution < -0.4 is 20.8 Å². The molecule has 0 saturated carbocycles. The molecule has 0 saturated heterocycles. The third kappa shape index (κ3) is 4.50. The number of carbonyl (C=O) groups is 3. The van der Waals surface area contributed by atoms with Gasteiger partial charge in [-0.25, -0.2) is 4.68 Å². The number of rotatable bonds is 5. The smallest absolute Gasteiger partial charge is 0.328 e. The van der Waals surface area contributed by atoms with E-state index in [1.54, 1.807) is 31.2 Å². The van der Waals surface area contributed by atoms with Crippen molar-refractivity contribution in [3.8, 4) is 5.75 Å². The lowest BCUT2D eigenvalue weighted by Crippen LogP contribution is -2.39. The highest BCUT2D eigenvalue weighted by atomic mass is 35.5. The van der Waals surface area contributed by atoms with Gasteiger partial charge in [0.1, 0.15) is 17.0 Å². The van der Waals surface area contributed by atoms with Gasteiger partial charge in [0.05, 0.1) is 7.11 Å². The summed E-state index contributed by atoms with van der Waals surface area (Å²) in [6.07, 6.45) is 0. The van der Waals surface area contributed by atoms with Gasteiger partial charge in [-0.15, -0.1) is 0 Å². The molecule has 30 heavy (non-hydrogen) atoms. The zero-order valence-corrected chi connectivity index (χ0v) is 17.6. The molecule has 1 aromatic heterocycles. The number of anilines is 1. The fourth-order valence-electron chi connectivity index (χ4n) is 2.89. The number of benzene rings is 2. The number of fused-ring (bicyclic) bond motifs is 1. The molecule has 1 heterocycles. The van der Waals surface area contributed by atoms with Crippen molar-refractivity contribution in [3.63, 3.8) is 0 Å². The molecule has 0 unspecified atom stereocenters. The summed E-state index contributed by atoms with van der Waals surface area (Å²) in [6.45, 7) is 1.97. The topological polar surface area (TPSA) is 101 Å². The predicted octanol–water partition coefficient (Wildman–Crippen LogP) is 3.42. The summed E-state index contributed by atoms with van der Waals surface area (Å²) in [5.41, 5.74) is 3.32. The lowest BCUT2D eigenvalue weighted by Gasteiger charge is -2.14. The van der Waals surface area contributed by atoms with Gasteiger partial charge in [-0.2, -0.15) is 0 Å². The van der Waals surface area contributed by atoms with E-state index < -0.39 is 17.7 Å². The van der Waals surface area contributed by atoms with Crippen LogP contribution in [-0.2, 0) is 9.59 Å². The number of aromatic nitrogens is 1. The Labute approximate surface area is 182 Å². The van der Waals surface area contributed by atoms with Crippen molar-refractivity contribution in [2.75, 3.05) is 24.4 Å². The standard InChI is InChI=1S/C20H18Cl2N4O4/c1-3-23-19(28)20(29)25-26-15(7-11-5-4-6-16(30-2)17(11)26)18(27)24-14-9-12(21)8-13(22)10-14/h4-10H,3H2,1-2H3,(H,23,28)(H,24,27)(H,25,29). The Bertz CT molecular complexity index is 1120. The van der Waals surface area contributed by atoms with Crippen LogP contribution in [0.15, 0.2) is 42.5 Å². The normalized spacial score (nSPS) is 10.5. The van der Waals surface area contributed by atoms with Crippen molar-refractivity contribution in [1.29, 1.82) is 0 Å². The molecule has 10 heteroatoms. The van der Waals surface area contributed by atoms with Crippen molar-refractivity contribution < 1.29 is 19.1 Å². The van der Waals surface area contributed by atoms with E-state index in [0.29, 0.717) is 32.4 Å². The highest BCUT2D eigenvalue weighted by molar-refractivity contribution is 6.38. The van der Waals surface area contributed by atoms with Gasteiger partial charge in [-0.1, -0.05) is 35.3 Å². The number of halogens is 2. The zero-order valence-electron chi connectivity index (χ0n) is 16.1. The fraction of sp³-hybridized carbons (Fsp3) is 0.150. The minimum atomic E-state index is -0.930. The van der Waals surface area contributed by atoms with Crippen molar-refractivity contribution in [1.82, 2.24) is 9.99 Å². The first kappa shape index (κ1) is 21.5. The van der Waals surface area contributed by atoms with Crippen LogP contribution in [0.3, 0.4) is 0 Å². The molecule has 0 spiro atoms. The molecule has 0 aliphatic rings. The van der Waals surface area contributed by atoms with E-state index >= 15 is 0 Å². The molecule has 3 aromatic rings. The number of para-hydroxylation sites is 1. The molecule has 3 rings (SSSR count). The van der Waals surface area contributed by atoms with E-state index in [2.05, 4.69) is 16.1 Å². The first-order valence-corrected chi connectivity index (χ1v) is 9.64. The second kappa shape index (κ2) is 9.06. The van der Waals surface area contributed by atoms with Gasteiger partial charge in [-0.3, -0.25) is 19.8 Å². The average molecular weight is 449 g/mol. The number of carbonyl (C=O) groups excluding carboxylic acids is 3. The van der Waals surface area contributed by atoms with Gasteiger partial charge in [-0.05, 0) is 37.3 Å². The largest absolute Gasteiger partial charge is 0.494 e. The maximum absolute atomic E-state index is 13.0. The maximum atomic E-state index is 13.0. The minimum absolute atomic E-state index is 0.0725. The monoisotopic (exact) mass is 448 g/mol. The number of nitrogens with one attached hydrogen (secondary N) is 3. The van der Waals surface area contributed by atoms with Crippen LogP contribution in [0.1, 0.15) is 17.4 Å². The Hall–Kier alpha value is -3.23. The van der Waals surface area contributed by atoms with E-state index in [9.17, 15) is 14.4 Å². The SMILES string of the molecule is CCNC(=O)C(=O)Nn1c(C(=O)Nc2cc(Cl)cc(Cl)c2)cc2cccc(OC)c21. The van der Waals surface area contributed by atoms with Crippen LogP contribution in [0.25, 0.3) is 10.9 Å². The van der Waals surface area contributed by atoms with Gasteiger partial charge < -0.3 is 15.4 Å². The van der Waals surface area contributed by atoms with E-state index in [1.807, 2.05) is 0 Å². The van der Waals surface area contributed by atoms with E-state index in [0.717, 1.165) is 0 Å². The van der Waals surface area contributed by atoms with E-state index in [-0.39, 0.29) is 12.2 Å². The van der Waals surface area contributed by atoms with Gasteiger partial charge in [0.2, 0.25) is 0 Å². The van der Waals surface area contributed by atoms with Crippen LogP contribution >= 0.6 is 23.2 Å². The maximum Gasteiger partial charge on any atom is 0.328 e. The molecule has 3 amide bonds. The summed E-state index contributed by atoms with van der Waals surface area (Å²) in [5, 5.41) is 6.42. The third-order valence-electron chi connectivity index (χ3n) is 4.12. The molecule has 2 aromatic carbocycles. The lowest BCUT2D eigenvalue weighted by atomic mass is 10.2. The molecule has 0 fully saturated rings. The quantitative estimate of drug-likeness (QED) is 0.520. The van der Waals surface area contributed by atoms with Gasteiger partial charge >= 0.3 is 11.8 Å². The molecule has 0 radical (unpaired) electrons. The molecule has 0 aliphatic heterocycles. The molecular formula is C20H18Cl2N4O4. The summed E-state index contributed by atoms with van der Waals surface area (Å²) in [6, 6.07) is 11.3. The Morgan fingerprint density at radius 2 is 1.73 bits per heavy atom. The number of hydrogen-bond acceptors (Lipinski definition) is 4. The molecule has 156 valence electrons. The van der Waals surface area contributed by atoms with Crippen LogP contribution in [0.2, 0.25) is 10.0 Å². The number of nitrogens with zero attached hydrogens (tertiary/aromatic N) is 1. The molecule has 3 N–H and O–H groups in total. The summed E-state index contributed by atoms with van der Waals surface area (Å²) in [4.78, 5) is 37.2. The summed E-state index contributed by atoms with van der Waals surface area (Å²) in [7, 11) is 1.46. The zero-order chi connectivity index (χ0) is 21.8. The van der Waals surface area contributed by atoms with E-state index in [1.165, 1.54) is 30.0 Å². The average Bonchev–Trinajstić information content (AvgIpc) is 3.06. The summed E-state index contributed by atoms with van der Waals surface area (Å²) >= 11 is 12.0. The number of amides is 3. The number of ether oxygens (including phenoxy) is 1. The number of hydrogen-bond donors (Lipinski definition) is 3. The Kier molecular flexibility index (Phi) is 6.49. The molecule has 0 bridgehead atoms. The molecule has 8 nitrogen and oxygen atoms in total. The van der Waals surface area contributed by atoms with Gasteiger partial charge in [0.15, 0.2) is 0 Å². The predicted molar refractivity (Wildman–Crippen MR) is 116 cm³/mol. The van der Waals surface area contributed by atoms with Gasteiger partial charge in [0, 0.05) is 27.7 Å². The lowest BCUT2D eigenvalue weighted by molar-refractivity contribution is -0.136. The number of methoxy groups -OCH3 is 1. The van der Waals surface area contributed by atoms with Crippen LogP contribution in [0, 0.1) is 0 Å². The second-order valence-electron chi connectivity index (χ2n) is 6.18. The van der Waals surface area contributed by atoms with Crippen LogP contribution in [0.4, 0.5) is 5.69 Å². The molecule has 0 atom stereocenters. The van der Waals surface area contributed by atoms with Crippen molar-refractivity contribution in [3.05, 3.63) is 58.2 Å². The first-order valence-electron chi connectivity index (χ1n) is 8.89. The number of likely N-dealkylation sites (N-methyl/N-ethyl adjacent to an activating group) is 1. The highest BCUT2D eigenvalue weighted by Gasteiger charge is 2.22. The first-order chi connectivity index (χ1) is 14.3. The van der Waals surface area contributed by atoms with Crippen LogP contribution in [-0.4, -0.2) is 36.1 Å². The Morgan fingerprint density at radius 1 is 1.03 bits per heavy atom. The fourth-order valence-corrected chi connectivity index (χ4v) is 3.42. The van der Waals surface area contributed by atoms with E-state index in [4.69, 9.17) is 27.9 Å². The summed E-state index contributed by atoms with van der Waals surface area (Å²) in [5.74, 6) is -1.90. The van der Waals surface area contributed by atoms with Crippen molar-refractivity contribution in [2.45, 2.75) is 6.92 Å². The van der Waals surface area contributed by atoms with Crippen molar-refractivity contribution in [2.24, 2.45) is 0 Å². The highest BCUT2D eigenvalue weighted by Crippen LogP contribution is 2.29. The Balaban J connectivity index is 2.05. The van der Waals surface area contributed by atoms with Gasteiger partial charge in [0.25, 0.3) is 5.91 Å². The minimum Gasteiger partial charge on any atom is -0.494 e. The third-order valence-corrected chi connectivity index (χ3v) is 4.55. The second-order valence-corrected chi connectivity index (χ2v) is 7.05.